The Morgan fingerprint density at radius 3 is 2.75 bits per heavy atom. The molecule has 94 valence electrons. The van der Waals surface area contributed by atoms with Crippen molar-refractivity contribution in [3.63, 3.8) is 0 Å². The normalized spacial score (nSPS) is 26.7. The molecule has 1 fully saturated rings. The first-order chi connectivity index (χ1) is 7.45. The van der Waals surface area contributed by atoms with Gasteiger partial charge in [-0.25, -0.2) is 0 Å². The van der Waals surface area contributed by atoms with Gasteiger partial charge in [-0.3, -0.25) is 4.90 Å². The van der Waals surface area contributed by atoms with Crippen molar-refractivity contribution in [3.8, 4) is 0 Å². The van der Waals surface area contributed by atoms with Crippen LogP contribution in [0.5, 0.6) is 0 Å². The number of rotatable bonds is 4. The minimum atomic E-state index is 0.280. The minimum absolute atomic E-state index is 0.280. The summed E-state index contributed by atoms with van der Waals surface area (Å²) in [6.07, 6.45) is 3.21. The van der Waals surface area contributed by atoms with Crippen molar-refractivity contribution in [2.45, 2.75) is 31.8 Å². The van der Waals surface area contributed by atoms with Gasteiger partial charge in [-0.2, -0.15) is 0 Å². The third-order valence-electron chi connectivity index (χ3n) is 3.40. The van der Waals surface area contributed by atoms with E-state index < -0.39 is 0 Å². The third-order valence-corrected chi connectivity index (χ3v) is 3.40. The summed E-state index contributed by atoms with van der Waals surface area (Å²) in [7, 11) is 4.27. The fraction of sp³-hybridized carbons (Fsp3) is 0.846. The van der Waals surface area contributed by atoms with Gasteiger partial charge in [0.15, 0.2) is 0 Å². The molecular weight excluding hydrogens is 198 g/mol. The van der Waals surface area contributed by atoms with Gasteiger partial charge in [0.1, 0.15) is 0 Å². The highest BCUT2D eigenvalue weighted by Crippen LogP contribution is 2.21. The van der Waals surface area contributed by atoms with Gasteiger partial charge in [0.05, 0.1) is 0 Å². The van der Waals surface area contributed by atoms with Crippen molar-refractivity contribution in [2.24, 2.45) is 0 Å². The largest absolute Gasteiger partial charge is 0.311 e. The fourth-order valence-electron chi connectivity index (χ4n) is 2.36. The second-order valence-corrected chi connectivity index (χ2v) is 5.67. The van der Waals surface area contributed by atoms with E-state index in [-0.39, 0.29) is 5.54 Å². The number of hydrogen-bond acceptors (Lipinski definition) is 3. The average molecular weight is 225 g/mol. The third kappa shape index (κ3) is 3.89. The lowest BCUT2D eigenvalue weighted by molar-refractivity contribution is 0.131. The van der Waals surface area contributed by atoms with E-state index in [9.17, 15) is 0 Å². The molecule has 0 radical (unpaired) electrons. The molecule has 16 heavy (non-hydrogen) atoms. The maximum absolute atomic E-state index is 3.86. The second kappa shape index (κ2) is 5.80. The number of hydrogen-bond donors (Lipinski definition) is 1. The summed E-state index contributed by atoms with van der Waals surface area (Å²) in [5, 5.41) is 3.64. The lowest BCUT2D eigenvalue weighted by Crippen LogP contribution is -2.48. The molecule has 1 rings (SSSR count). The van der Waals surface area contributed by atoms with E-state index in [1.807, 2.05) is 6.08 Å². The molecule has 0 aromatic rings. The molecule has 0 aliphatic carbocycles. The van der Waals surface area contributed by atoms with Crippen LogP contribution in [0.4, 0.5) is 0 Å². The van der Waals surface area contributed by atoms with Gasteiger partial charge >= 0.3 is 0 Å². The first-order valence-electron chi connectivity index (χ1n) is 6.20. The van der Waals surface area contributed by atoms with Gasteiger partial charge in [-0.05, 0) is 40.9 Å². The van der Waals surface area contributed by atoms with E-state index >= 15 is 0 Å². The van der Waals surface area contributed by atoms with E-state index in [1.165, 1.54) is 6.42 Å². The zero-order chi connectivity index (χ0) is 12.2. The van der Waals surface area contributed by atoms with Gasteiger partial charge in [-0.15, -0.1) is 6.58 Å². The Bertz CT molecular complexity index is 223. The van der Waals surface area contributed by atoms with Crippen LogP contribution in [-0.4, -0.2) is 61.7 Å². The summed E-state index contributed by atoms with van der Waals surface area (Å²) in [5.41, 5.74) is 0.280. The van der Waals surface area contributed by atoms with Crippen LogP contribution in [0.25, 0.3) is 0 Å². The highest BCUT2D eigenvalue weighted by molar-refractivity contribution is 4.92. The zero-order valence-corrected chi connectivity index (χ0v) is 11.3. The summed E-state index contributed by atoms with van der Waals surface area (Å²) in [6, 6.07) is 0.566. The predicted molar refractivity (Wildman–Crippen MR) is 70.8 cm³/mol. The maximum Gasteiger partial charge on any atom is 0.0322 e. The number of nitrogens with zero attached hydrogens (tertiary/aromatic N) is 2. The summed E-state index contributed by atoms with van der Waals surface area (Å²) in [6.45, 7) is 12.8. The first kappa shape index (κ1) is 13.7. The molecule has 1 atom stereocenters. The maximum atomic E-state index is 3.86. The van der Waals surface area contributed by atoms with E-state index in [1.54, 1.807) is 0 Å². The molecular formula is C13H27N3. The number of nitrogens with one attached hydrogen (secondary N) is 1. The van der Waals surface area contributed by atoms with E-state index in [2.05, 4.69) is 49.6 Å². The Balaban J connectivity index is 2.64. The Morgan fingerprint density at radius 2 is 2.19 bits per heavy atom. The van der Waals surface area contributed by atoms with Crippen LogP contribution in [0.3, 0.4) is 0 Å². The van der Waals surface area contributed by atoms with Crippen molar-refractivity contribution >= 4 is 0 Å². The van der Waals surface area contributed by atoms with Crippen LogP contribution in [0.15, 0.2) is 12.7 Å². The van der Waals surface area contributed by atoms with Crippen LogP contribution >= 0.6 is 0 Å². The first-order valence-corrected chi connectivity index (χ1v) is 6.20. The molecule has 0 bridgehead atoms. The average Bonchev–Trinajstić information content (AvgIpc) is 2.26. The highest BCUT2D eigenvalue weighted by Gasteiger charge is 2.30. The molecule has 3 nitrogen and oxygen atoms in total. The minimum Gasteiger partial charge on any atom is -0.311 e. The topological polar surface area (TPSA) is 18.5 Å². The summed E-state index contributed by atoms with van der Waals surface area (Å²) >= 11 is 0. The van der Waals surface area contributed by atoms with E-state index in [4.69, 9.17) is 0 Å². The van der Waals surface area contributed by atoms with Crippen molar-refractivity contribution in [3.05, 3.63) is 12.7 Å². The Morgan fingerprint density at radius 1 is 1.50 bits per heavy atom. The van der Waals surface area contributed by atoms with Crippen LogP contribution in [-0.2, 0) is 0 Å². The molecule has 0 spiro atoms. The van der Waals surface area contributed by atoms with Crippen molar-refractivity contribution < 1.29 is 0 Å². The molecule has 1 aliphatic heterocycles. The van der Waals surface area contributed by atoms with Gasteiger partial charge in [0.2, 0.25) is 0 Å². The molecule has 0 aromatic carbocycles. The monoisotopic (exact) mass is 225 g/mol. The SMILES string of the molecule is C=CCN1CC(CN(C)C)NCCC1(C)C. The lowest BCUT2D eigenvalue weighted by atomic mass is 9.98. The highest BCUT2D eigenvalue weighted by atomic mass is 15.2. The molecule has 0 amide bonds. The van der Waals surface area contributed by atoms with Crippen molar-refractivity contribution in [1.29, 1.82) is 0 Å². The molecule has 1 saturated heterocycles. The molecule has 1 N–H and O–H groups in total. The summed E-state index contributed by atoms with van der Waals surface area (Å²) in [5.74, 6) is 0. The summed E-state index contributed by atoms with van der Waals surface area (Å²) in [4.78, 5) is 4.79. The van der Waals surface area contributed by atoms with Crippen LogP contribution in [0.1, 0.15) is 20.3 Å². The summed E-state index contributed by atoms with van der Waals surface area (Å²) < 4.78 is 0. The van der Waals surface area contributed by atoms with E-state index in [0.717, 1.165) is 26.2 Å². The van der Waals surface area contributed by atoms with Gasteiger partial charge < -0.3 is 10.2 Å². The predicted octanol–water partition coefficient (Wildman–Crippen LogP) is 1.18. The van der Waals surface area contributed by atoms with Crippen LogP contribution in [0.2, 0.25) is 0 Å². The van der Waals surface area contributed by atoms with Gasteiger partial charge in [0.25, 0.3) is 0 Å². The van der Waals surface area contributed by atoms with Crippen molar-refractivity contribution in [1.82, 2.24) is 15.1 Å². The fourth-order valence-corrected chi connectivity index (χ4v) is 2.36. The van der Waals surface area contributed by atoms with Crippen molar-refractivity contribution in [2.75, 3.05) is 40.3 Å². The number of likely N-dealkylation sites (N-methyl/N-ethyl adjacent to an activating group) is 1. The molecule has 1 unspecified atom stereocenters. The smallest absolute Gasteiger partial charge is 0.0322 e. The zero-order valence-electron chi connectivity index (χ0n) is 11.3. The molecule has 1 heterocycles. The Hall–Kier alpha value is -0.380. The van der Waals surface area contributed by atoms with Crippen LogP contribution < -0.4 is 5.32 Å². The molecule has 0 saturated carbocycles. The quantitative estimate of drug-likeness (QED) is 0.725. The second-order valence-electron chi connectivity index (χ2n) is 5.67. The molecule has 3 heteroatoms. The van der Waals surface area contributed by atoms with Gasteiger partial charge in [0, 0.05) is 31.2 Å². The molecule has 0 aromatic heterocycles. The Kier molecular flexibility index (Phi) is 4.96. The standard InChI is InChI=1S/C13H27N3/c1-6-9-16-11-12(10-15(4)5)14-8-7-13(16,2)3/h6,12,14H,1,7-11H2,2-5H3. The molecule has 1 aliphatic rings. The van der Waals surface area contributed by atoms with Gasteiger partial charge in [-0.1, -0.05) is 6.08 Å². The van der Waals surface area contributed by atoms with E-state index in [0.29, 0.717) is 6.04 Å². The Labute approximate surface area is 100 Å². The van der Waals surface area contributed by atoms with Crippen LogP contribution in [0, 0.1) is 0 Å². The lowest BCUT2D eigenvalue weighted by Gasteiger charge is -2.37.